The molecule has 2 aromatic carbocycles. The molecular weight excluding hydrogens is 380 g/mol. The number of carbonyl (C=O) groups excluding carboxylic acids is 1. The summed E-state index contributed by atoms with van der Waals surface area (Å²) in [4.78, 5) is 17.4. The topological polar surface area (TPSA) is 51.2 Å². The van der Waals surface area contributed by atoms with Gasteiger partial charge in [-0.05, 0) is 74.5 Å². The van der Waals surface area contributed by atoms with Crippen molar-refractivity contribution in [3.8, 4) is 17.2 Å². The molecule has 2 saturated heterocycles. The van der Waals surface area contributed by atoms with Crippen LogP contribution in [0.25, 0.3) is 0 Å². The van der Waals surface area contributed by atoms with Gasteiger partial charge in [-0.2, -0.15) is 0 Å². The van der Waals surface area contributed by atoms with Crippen LogP contribution in [0.15, 0.2) is 48.5 Å². The number of methoxy groups -OCH3 is 2. The zero-order valence-corrected chi connectivity index (χ0v) is 17.8. The fourth-order valence-electron chi connectivity index (χ4n) is 4.27. The molecule has 0 saturated carbocycles. The Bertz CT molecular complexity index is 829. The molecule has 2 aliphatic rings. The molecule has 2 fully saturated rings. The van der Waals surface area contributed by atoms with Crippen molar-refractivity contribution in [2.75, 3.05) is 38.8 Å². The number of carbonyl (C=O) groups is 1. The number of anilines is 1. The molecule has 6 nitrogen and oxygen atoms in total. The van der Waals surface area contributed by atoms with Crippen LogP contribution in [0.3, 0.4) is 0 Å². The molecule has 160 valence electrons. The maximum absolute atomic E-state index is 13.1. The Kier molecular flexibility index (Phi) is 6.43. The second kappa shape index (κ2) is 9.39. The SMILES string of the molecule is COc1ccc(O[C@@H]2C(=O)N(c3ccc(OC)cc3)[C@@H]2CN2CCCCCC2)cc1. The zero-order valence-electron chi connectivity index (χ0n) is 17.8. The Labute approximate surface area is 178 Å². The number of hydrogen-bond donors (Lipinski definition) is 0. The van der Waals surface area contributed by atoms with Gasteiger partial charge in [0.15, 0.2) is 6.10 Å². The Morgan fingerprint density at radius 3 is 1.90 bits per heavy atom. The van der Waals surface area contributed by atoms with Crippen LogP contribution >= 0.6 is 0 Å². The predicted octanol–water partition coefficient (Wildman–Crippen LogP) is 3.74. The van der Waals surface area contributed by atoms with Gasteiger partial charge in [0, 0.05) is 12.2 Å². The van der Waals surface area contributed by atoms with Crippen molar-refractivity contribution < 1.29 is 19.0 Å². The molecule has 1 amide bonds. The van der Waals surface area contributed by atoms with Gasteiger partial charge in [0.1, 0.15) is 17.2 Å². The van der Waals surface area contributed by atoms with E-state index in [4.69, 9.17) is 14.2 Å². The Hall–Kier alpha value is -2.73. The smallest absolute Gasteiger partial charge is 0.270 e. The van der Waals surface area contributed by atoms with E-state index in [0.717, 1.165) is 36.8 Å². The molecule has 2 aliphatic heterocycles. The van der Waals surface area contributed by atoms with Gasteiger partial charge in [-0.25, -0.2) is 0 Å². The molecule has 0 unspecified atom stereocenters. The molecule has 2 atom stereocenters. The molecule has 4 rings (SSSR count). The minimum atomic E-state index is -0.483. The number of nitrogens with zero attached hydrogens (tertiary/aromatic N) is 2. The monoisotopic (exact) mass is 410 g/mol. The number of hydrogen-bond acceptors (Lipinski definition) is 5. The van der Waals surface area contributed by atoms with E-state index in [9.17, 15) is 4.79 Å². The van der Waals surface area contributed by atoms with Crippen LogP contribution in [0.4, 0.5) is 5.69 Å². The van der Waals surface area contributed by atoms with E-state index in [2.05, 4.69) is 4.90 Å². The molecular formula is C24H30N2O4. The first-order valence-electron chi connectivity index (χ1n) is 10.7. The summed E-state index contributed by atoms with van der Waals surface area (Å²) in [5, 5.41) is 0. The zero-order chi connectivity index (χ0) is 20.9. The second-order valence-corrected chi connectivity index (χ2v) is 7.90. The highest BCUT2D eigenvalue weighted by atomic mass is 16.5. The molecule has 6 heteroatoms. The summed E-state index contributed by atoms with van der Waals surface area (Å²) in [7, 11) is 3.28. The molecule has 2 aromatic rings. The lowest BCUT2D eigenvalue weighted by atomic mass is 9.95. The molecule has 0 N–H and O–H groups in total. The number of likely N-dealkylation sites (tertiary alicyclic amines) is 1. The Balaban J connectivity index is 1.53. The lowest BCUT2D eigenvalue weighted by Gasteiger charge is -2.48. The number of rotatable bonds is 7. The van der Waals surface area contributed by atoms with Gasteiger partial charge in [-0.3, -0.25) is 4.79 Å². The van der Waals surface area contributed by atoms with Crippen molar-refractivity contribution >= 4 is 11.6 Å². The van der Waals surface area contributed by atoms with E-state index >= 15 is 0 Å². The normalized spacial score (nSPS) is 22.2. The maximum atomic E-state index is 13.1. The number of β-lactam (4-membered cyclic amide) rings is 1. The summed E-state index contributed by atoms with van der Waals surface area (Å²) in [6.07, 6.45) is 4.52. The number of benzene rings is 2. The van der Waals surface area contributed by atoms with Crippen LogP contribution in [0.1, 0.15) is 25.7 Å². The van der Waals surface area contributed by atoms with E-state index < -0.39 is 6.10 Å². The summed E-state index contributed by atoms with van der Waals surface area (Å²) < 4.78 is 16.6. The van der Waals surface area contributed by atoms with Crippen LogP contribution < -0.4 is 19.1 Å². The van der Waals surface area contributed by atoms with Gasteiger partial charge in [0.25, 0.3) is 5.91 Å². The fraction of sp³-hybridized carbons (Fsp3) is 0.458. The molecule has 30 heavy (non-hydrogen) atoms. The Morgan fingerprint density at radius 2 is 1.33 bits per heavy atom. The summed E-state index contributed by atoms with van der Waals surface area (Å²) in [5.74, 6) is 2.23. The predicted molar refractivity (Wildman–Crippen MR) is 117 cm³/mol. The summed E-state index contributed by atoms with van der Waals surface area (Å²) in [5.41, 5.74) is 0.884. The van der Waals surface area contributed by atoms with E-state index in [0.29, 0.717) is 5.75 Å². The fourth-order valence-corrected chi connectivity index (χ4v) is 4.27. The minimum absolute atomic E-state index is 0.00388. The van der Waals surface area contributed by atoms with Crippen molar-refractivity contribution in [3.63, 3.8) is 0 Å². The second-order valence-electron chi connectivity index (χ2n) is 7.90. The van der Waals surface area contributed by atoms with Crippen molar-refractivity contribution in [2.45, 2.75) is 37.8 Å². The van der Waals surface area contributed by atoms with Gasteiger partial charge in [-0.15, -0.1) is 0 Å². The van der Waals surface area contributed by atoms with Crippen LogP contribution in [-0.2, 0) is 4.79 Å². The summed E-state index contributed by atoms with van der Waals surface area (Å²) in [6, 6.07) is 15.0. The third-order valence-corrected chi connectivity index (χ3v) is 5.98. The third-order valence-electron chi connectivity index (χ3n) is 5.98. The highest BCUT2D eigenvalue weighted by Gasteiger charge is 2.50. The molecule has 0 aromatic heterocycles. The van der Waals surface area contributed by atoms with Gasteiger partial charge < -0.3 is 24.0 Å². The van der Waals surface area contributed by atoms with Gasteiger partial charge in [0.2, 0.25) is 0 Å². The van der Waals surface area contributed by atoms with Crippen molar-refractivity contribution in [3.05, 3.63) is 48.5 Å². The average molecular weight is 411 g/mol. The highest BCUT2D eigenvalue weighted by Crippen LogP contribution is 2.33. The first-order chi connectivity index (χ1) is 14.7. The number of amides is 1. The molecule has 0 bridgehead atoms. The van der Waals surface area contributed by atoms with Crippen molar-refractivity contribution in [1.82, 2.24) is 4.90 Å². The first kappa shape index (κ1) is 20.5. The lowest BCUT2D eigenvalue weighted by Crippen LogP contribution is -2.70. The summed E-state index contributed by atoms with van der Waals surface area (Å²) in [6.45, 7) is 2.98. The average Bonchev–Trinajstić information content (AvgIpc) is 3.07. The third kappa shape index (κ3) is 4.38. The lowest BCUT2D eigenvalue weighted by molar-refractivity contribution is -0.135. The minimum Gasteiger partial charge on any atom is -0.497 e. The molecule has 0 aliphatic carbocycles. The standard InChI is InChI=1S/C24H30N2O4/c1-28-19-9-7-18(8-10-19)26-22(17-25-15-5-3-4-6-16-25)23(24(26)27)30-21-13-11-20(29-2)12-14-21/h7-14,22-23H,3-6,15-17H2,1-2H3/t22-,23+/m1/s1. The van der Waals surface area contributed by atoms with Crippen molar-refractivity contribution in [1.29, 1.82) is 0 Å². The molecule has 0 spiro atoms. The highest BCUT2D eigenvalue weighted by molar-refractivity contribution is 6.05. The maximum Gasteiger partial charge on any atom is 0.270 e. The first-order valence-corrected chi connectivity index (χ1v) is 10.7. The quantitative estimate of drug-likeness (QED) is 0.651. The van der Waals surface area contributed by atoms with Crippen LogP contribution in [0.2, 0.25) is 0 Å². The van der Waals surface area contributed by atoms with Crippen molar-refractivity contribution in [2.24, 2.45) is 0 Å². The van der Waals surface area contributed by atoms with Gasteiger partial charge in [-0.1, -0.05) is 12.8 Å². The van der Waals surface area contributed by atoms with Crippen LogP contribution in [0, 0.1) is 0 Å². The van der Waals surface area contributed by atoms with E-state index in [1.165, 1.54) is 25.7 Å². The molecule has 0 radical (unpaired) electrons. The van der Waals surface area contributed by atoms with E-state index in [-0.39, 0.29) is 11.9 Å². The van der Waals surface area contributed by atoms with Gasteiger partial charge in [0.05, 0.1) is 20.3 Å². The number of ether oxygens (including phenoxy) is 3. The van der Waals surface area contributed by atoms with Crippen LogP contribution in [-0.4, -0.2) is 56.8 Å². The van der Waals surface area contributed by atoms with E-state index in [1.807, 2.05) is 53.4 Å². The Morgan fingerprint density at radius 1 is 0.800 bits per heavy atom. The van der Waals surface area contributed by atoms with Gasteiger partial charge >= 0.3 is 0 Å². The summed E-state index contributed by atoms with van der Waals surface area (Å²) >= 11 is 0. The molecule has 2 heterocycles. The van der Waals surface area contributed by atoms with Crippen LogP contribution in [0.5, 0.6) is 17.2 Å². The van der Waals surface area contributed by atoms with E-state index in [1.54, 1.807) is 14.2 Å². The largest absolute Gasteiger partial charge is 0.497 e.